The molecule has 96 valence electrons. The minimum absolute atomic E-state index is 1.11. The third-order valence-corrected chi connectivity index (χ3v) is 3.98. The Labute approximate surface area is 110 Å². The monoisotopic (exact) mass is 251 g/mol. The van der Waals surface area contributed by atoms with Crippen LogP contribution in [0.15, 0.2) is 23.1 Å². The van der Waals surface area contributed by atoms with Gasteiger partial charge in [0.25, 0.3) is 0 Å². The second-order valence-corrected chi connectivity index (χ2v) is 5.72. The molecule has 1 nitrogen and oxygen atoms in total. The van der Waals surface area contributed by atoms with E-state index in [9.17, 15) is 0 Å². The van der Waals surface area contributed by atoms with Gasteiger partial charge in [0.1, 0.15) is 0 Å². The second-order valence-electron chi connectivity index (χ2n) is 4.55. The highest BCUT2D eigenvalue weighted by atomic mass is 32.2. The van der Waals surface area contributed by atoms with Crippen LogP contribution >= 0.6 is 11.8 Å². The zero-order valence-electron chi connectivity index (χ0n) is 11.4. The summed E-state index contributed by atoms with van der Waals surface area (Å²) >= 11 is 1.94. The maximum atomic E-state index is 3.50. The minimum atomic E-state index is 1.11. The number of unbranched alkanes of at least 4 members (excludes halogenated alkanes) is 2. The zero-order valence-corrected chi connectivity index (χ0v) is 12.2. The van der Waals surface area contributed by atoms with Crippen LogP contribution in [0.3, 0.4) is 0 Å². The van der Waals surface area contributed by atoms with Crippen molar-refractivity contribution in [1.82, 2.24) is 5.32 Å². The Balaban J connectivity index is 2.11. The fourth-order valence-corrected chi connectivity index (χ4v) is 2.58. The molecule has 0 aliphatic heterocycles. The van der Waals surface area contributed by atoms with Crippen molar-refractivity contribution in [2.75, 3.05) is 18.8 Å². The lowest BCUT2D eigenvalue weighted by atomic mass is 10.1. The maximum Gasteiger partial charge on any atom is 0.0106 e. The highest BCUT2D eigenvalue weighted by Crippen LogP contribution is 2.20. The van der Waals surface area contributed by atoms with Gasteiger partial charge in [0.2, 0.25) is 0 Å². The number of hydrogen-bond acceptors (Lipinski definition) is 2. The highest BCUT2D eigenvalue weighted by molar-refractivity contribution is 7.99. The molecule has 0 radical (unpaired) electrons. The Morgan fingerprint density at radius 1 is 1.06 bits per heavy atom. The smallest absolute Gasteiger partial charge is 0.0106 e. The van der Waals surface area contributed by atoms with E-state index in [1.54, 1.807) is 0 Å². The van der Waals surface area contributed by atoms with E-state index in [-0.39, 0.29) is 0 Å². The lowest BCUT2D eigenvalue weighted by molar-refractivity contribution is 0.636. The topological polar surface area (TPSA) is 12.0 Å². The first kappa shape index (κ1) is 14.6. The van der Waals surface area contributed by atoms with Gasteiger partial charge in [-0.3, -0.25) is 0 Å². The molecular weight excluding hydrogens is 226 g/mol. The fourth-order valence-electron chi connectivity index (χ4n) is 1.67. The van der Waals surface area contributed by atoms with Crippen LogP contribution in [0.2, 0.25) is 0 Å². The van der Waals surface area contributed by atoms with Crippen molar-refractivity contribution in [2.45, 2.75) is 44.9 Å². The Morgan fingerprint density at radius 3 is 2.59 bits per heavy atom. The van der Waals surface area contributed by atoms with Gasteiger partial charge < -0.3 is 5.32 Å². The average Bonchev–Trinajstić information content (AvgIpc) is 2.32. The first-order valence-corrected chi connectivity index (χ1v) is 7.63. The van der Waals surface area contributed by atoms with Gasteiger partial charge in [-0.05, 0) is 50.1 Å². The summed E-state index contributed by atoms with van der Waals surface area (Å²) in [6.45, 7) is 8.87. The van der Waals surface area contributed by atoms with Gasteiger partial charge >= 0.3 is 0 Å². The summed E-state index contributed by atoms with van der Waals surface area (Å²) < 4.78 is 0. The molecule has 0 aromatic heterocycles. The van der Waals surface area contributed by atoms with Crippen LogP contribution < -0.4 is 5.32 Å². The van der Waals surface area contributed by atoms with Crippen LogP contribution in [0, 0.1) is 13.8 Å². The molecule has 1 rings (SSSR count). The molecule has 2 heteroatoms. The number of thioether (sulfide) groups is 1. The lowest BCUT2D eigenvalue weighted by Gasteiger charge is -2.06. The van der Waals surface area contributed by atoms with Gasteiger partial charge in [0.15, 0.2) is 0 Å². The van der Waals surface area contributed by atoms with E-state index in [1.165, 1.54) is 41.8 Å². The summed E-state index contributed by atoms with van der Waals surface area (Å²) in [5, 5.41) is 3.50. The molecule has 0 amide bonds. The molecule has 0 bridgehead atoms. The predicted molar refractivity (Wildman–Crippen MR) is 79.0 cm³/mol. The SMILES string of the molecule is CCCCCNCCSc1ccc(C)c(C)c1. The van der Waals surface area contributed by atoms with Gasteiger partial charge in [-0.2, -0.15) is 0 Å². The predicted octanol–water partition coefficient (Wildman–Crippen LogP) is 4.18. The van der Waals surface area contributed by atoms with Crippen LogP contribution in [0.25, 0.3) is 0 Å². The third kappa shape index (κ3) is 6.13. The van der Waals surface area contributed by atoms with Crippen LogP contribution in [0.1, 0.15) is 37.3 Å². The van der Waals surface area contributed by atoms with E-state index in [1.807, 2.05) is 11.8 Å². The lowest BCUT2D eigenvalue weighted by Crippen LogP contribution is -2.18. The average molecular weight is 251 g/mol. The fraction of sp³-hybridized carbons (Fsp3) is 0.600. The molecular formula is C15H25NS. The van der Waals surface area contributed by atoms with Crippen molar-refractivity contribution in [3.63, 3.8) is 0 Å². The molecule has 0 spiro atoms. The summed E-state index contributed by atoms with van der Waals surface area (Å²) in [4.78, 5) is 1.39. The van der Waals surface area contributed by atoms with E-state index in [0.29, 0.717) is 0 Å². The largest absolute Gasteiger partial charge is 0.316 e. The molecule has 17 heavy (non-hydrogen) atoms. The van der Waals surface area contributed by atoms with E-state index in [2.05, 4.69) is 44.3 Å². The van der Waals surface area contributed by atoms with E-state index < -0.39 is 0 Å². The normalized spacial score (nSPS) is 10.8. The van der Waals surface area contributed by atoms with E-state index in [0.717, 1.165) is 12.3 Å². The Bertz CT molecular complexity index is 323. The van der Waals surface area contributed by atoms with E-state index >= 15 is 0 Å². The molecule has 0 heterocycles. The molecule has 0 fully saturated rings. The number of aryl methyl sites for hydroxylation is 2. The van der Waals surface area contributed by atoms with Crippen LogP contribution in [0.5, 0.6) is 0 Å². The van der Waals surface area contributed by atoms with Crippen molar-refractivity contribution >= 4 is 11.8 Å². The molecule has 1 aromatic carbocycles. The number of nitrogens with one attached hydrogen (secondary N) is 1. The van der Waals surface area contributed by atoms with Gasteiger partial charge in [-0.1, -0.05) is 25.8 Å². The van der Waals surface area contributed by atoms with Crippen molar-refractivity contribution in [1.29, 1.82) is 0 Å². The molecule has 0 unspecified atom stereocenters. The summed E-state index contributed by atoms with van der Waals surface area (Å²) in [7, 11) is 0. The summed E-state index contributed by atoms with van der Waals surface area (Å²) in [6, 6.07) is 6.73. The number of hydrogen-bond donors (Lipinski definition) is 1. The Kier molecular flexibility index (Phi) is 7.38. The molecule has 1 N–H and O–H groups in total. The van der Waals surface area contributed by atoms with Crippen LogP contribution in [0.4, 0.5) is 0 Å². The van der Waals surface area contributed by atoms with Gasteiger partial charge in [-0.15, -0.1) is 11.8 Å². The first-order chi connectivity index (χ1) is 8.24. The first-order valence-electron chi connectivity index (χ1n) is 6.65. The minimum Gasteiger partial charge on any atom is -0.316 e. The highest BCUT2D eigenvalue weighted by Gasteiger charge is 1.97. The summed E-state index contributed by atoms with van der Waals surface area (Å²) in [5.74, 6) is 1.16. The molecule has 0 atom stereocenters. The second kappa shape index (κ2) is 8.60. The number of benzene rings is 1. The van der Waals surface area contributed by atoms with Crippen LogP contribution in [-0.2, 0) is 0 Å². The maximum absolute atomic E-state index is 3.50. The molecule has 0 aliphatic carbocycles. The molecule has 0 saturated carbocycles. The molecule has 0 aliphatic rings. The van der Waals surface area contributed by atoms with Crippen molar-refractivity contribution in [2.24, 2.45) is 0 Å². The Hall–Kier alpha value is -0.470. The van der Waals surface area contributed by atoms with Gasteiger partial charge in [-0.25, -0.2) is 0 Å². The van der Waals surface area contributed by atoms with Crippen molar-refractivity contribution in [3.8, 4) is 0 Å². The van der Waals surface area contributed by atoms with E-state index in [4.69, 9.17) is 0 Å². The van der Waals surface area contributed by atoms with Crippen molar-refractivity contribution in [3.05, 3.63) is 29.3 Å². The number of rotatable bonds is 8. The molecule has 0 saturated heterocycles. The quantitative estimate of drug-likeness (QED) is 0.549. The zero-order chi connectivity index (χ0) is 12.5. The standard InChI is InChI=1S/C15H25NS/c1-4-5-6-9-16-10-11-17-15-8-7-13(2)14(3)12-15/h7-8,12,16H,4-6,9-11H2,1-3H3. The van der Waals surface area contributed by atoms with Gasteiger partial charge in [0.05, 0.1) is 0 Å². The summed E-state index contributed by atoms with van der Waals surface area (Å²) in [5.41, 5.74) is 2.78. The Morgan fingerprint density at radius 2 is 1.88 bits per heavy atom. The van der Waals surface area contributed by atoms with Crippen molar-refractivity contribution < 1.29 is 0 Å². The van der Waals surface area contributed by atoms with Crippen LogP contribution in [-0.4, -0.2) is 18.8 Å². The van der Waals surface area contributed by atoms with Gasteiger partial charge in [0, 0.05) is 17.2 Å². The molecule has 1 aromatic rings. The third-order valence-electron chi connectivity index (χ3n) is 2.98. The summed E-state index contributed by atoms with van der Waals surface area (Å²) in [6.07, 6.45) is 3.96.